The molecule has 1 aromatic carbocycles. The lowest BCUT2D eigenvalue weighted by Gasteiger charge is -2.32. The zero-order valence-corrected chi connectivity index (χ0v) is 17.4. The van der Waals surface area contributed by atoms with Crippen molar-refractivity contribution in [3.05, 3.63) is 35.4 Å². The van der Waals surface area contributed by atoms with Crippen LogP contribution in [0.2, 0.25) is 0 Å². The summed E-state index contributed by atoms with van der Waals surface area (Å²) >= 11 is 4.05. The van der Waals surface area contributed by atoms with Crippen molar-refractivity contribution in [1.29, 1.82) is 0 Å². The first-order valence-electron chi connectivity index (χ1n) is 9.11. The van der Waals surface area contributed by atoms with Crippen LogP contribution in [-0.4, -0.2) is 48.5 Å². The van der Waals surface area contributed by atoms with Gasteiger partial charge in [-0.1, -0.05) is 19.1 Å². The van der Waals surface area contributed by atoms with Crippen molar-refractivity contribution >= 4 is 41.8 Å². The number of likely N-dealkylation sites (tertiary alicyclic amines) is 1. The van der Waals surface area contributed by atoms with Gasteiger partial charge in [-0.3, -0.25) is 4.79 Å². The molecule has 0 aromatic heterocycles. The summed E-state index contributed by atoms with van der Waals surface area (Å²) in [6, 6.07) is 8.36. The number of halogens is 1. The molecule has 140 valence electrons. The van der Waals surface area contributed by atoms with E-state index in [4.69, 9.17) is 0 Å². The SMILES string of the molecule is CCNCC1CCN(C(=O)c2ccc(C3SCCCS3)cc2)CC1.Cl. The van der Waals surface area contributed by atoms with Crippen LogP contribution < -0.4 is 5.32 Å². The Morgan fingerprint density at radius 1 is 1.16 bits per heavy atom. The molecule has 6 heteroatoms. The van der Waals surface area contributed by atoms with Gasteiger partial charge in [0.2, 0.25) is 0 Å². The predicted molar refractivity (Wildman–Crippen MR) is 113 cm³/mol. The van der Waals surface area contributed by atoms with E-state index in [1.165, 1.54) is 23.5 Å². The molecule has 2 aliphatic heterocycles. The monoisotopic (exact) mass is 400 g/mol. The third-order valence-corrected chi connectivity index (χ3v) is 7.86. The highest BCUT2D eigenvalue weighted by molar-refractivity contribution is 8.16. The number of carbonyl (C=O) groups excluding carboxylic acids is 1. The van der Waals surface area contributed by atoms with E-state index in [1.54, 1.807) is 0 Å². The minimum Gasteiger partial charge on any atom is -0.339 e. The maximum atomic E-state index is 12.7. The molecule has 0 saturated carbocycles. The van der Waals surface area contributed by atoms with Crippen LogP contribution in [0.15, 0.2) is 24.3 Å². The lowest BCUT2D eigenvalue weighted by molar-refractivity contribution is 0.0690. The average molecular weight is 401 g/mol. The van der Waals surface area contributed by atoms with Crippen LogP contribution in [0.4, 0.5) is 0 Å². The Kier molecular flexibility index (Phi) is 8.97. The zero-order chi connectivity index (χ0) is 16.8. The maximum absolute atomic E-state index is 12.7. The first-order chi connectivity index (χ1) is 11.8. The van der Waals surface area contributed by atoms with Gasteiger partial charge >= 0.3 is 0 Å². The van der Waals surface area contributed by atoms with Gasteiger partial charge in [-0.05, 0) is 67.5 Å². The van der Waals surface area contributed by atoms with E-state index in [1.807, 2.05) is 40.6 Å². The number of hydrogen-bond donors (Lipinski definition) is 1. The number of hydrogen-bond acceptors (Lipinski definition) is 4. The summed E-state index contributed by atoms with van der Waals surface area (Å²) in [7, 11) is 0. The molecule has 1 N–H and O–H groups in total. The second-order valence-corrected chi connectivity index (χ2v) is 9.32. The van der Waals surface area contributed by atoms with Crippen LogP contribution >= 0.6 is 35.9 Å². The number of piperidine rings is 1. The molecule has 2 fully saturated rings. The summed E-state index contributed by atoms with van der Waals surface area (Å²) < 4.78 is 0.546. The Hall–Kier alpha value is -0.360. The standard InChI is InChI=1S/C19H28N2OS2.ClH/c1-2-20-14-15-8-10-21(11-9-15)18(22)16-4-6-17(7-5-16)19-23-12-3-13-24-19;/h4-7,15,19-20H,2-3,8-14H2,1H3;1H. The molecule has 0 unspecified atom stereocenters. The van der Waals surface area contributed by atoms with E-state index in [0.717, 1.165) is 50.5 Å². The normalized spacial score (nSPS) is 19.5. The summed E-state index contributed by atoms with van der Waals surface area (Å²) in [6.45, 7) is 6.05. The molecule has 3 rings (SSSR count). The van der Waals surface area contributed by atoms with Gasteiger partial charge in [-0.15, -0.1) is 35.9 Å². The second-order valence-electron chi connectivity index (χ2n) is 6.59. The molecule has 2 heterocycles. The summed E-state index contributed by atoms with van der Waals surface area (Å²) in [5.74, 6) is 3.42. The number of benzene rings is 1. The Morgan fingerprint density at radius 3 is 2.40 bits per heavy atom. The van der Waals surface area contributed by atoms with Gasteiger partial charge in [0, 0.05) is 18.7 Å². The van der Waals surface area contributed by atoms with Crippen molar-refractivity contribution in [2.75, 3.05) is 37.7 Å². The molecule has 25 heavy (non-hydrogen) atoms. The first-order valence-corrected chi connectivity index (χ1v) is 11.2. The van der Waals surface area contributed by atoms with Crippen molar-refractivity contribution in [3.63, 3.8) is 0 Å². The van der Waals surface area contributed by atoms with Gasteiger partial charge in [0.05, 0.1) is 4.58 Å². The van der Waals surface area contributed by atoms with Gasteiger partial charge < -0.3 is 10.2 Å². The molecule has 0 radical (unpaired) electrons. The highest BCUT2D eigenvalue weighted by atomic mass is 35.5. The summed E-state index contributed by atoms with van der Waals surface area (Å²) in [6.07, 6.45) is 3.55. The van der Waals surface area contributed by atoms with Gasteiger partial charge in [-0.25, -0.2) is 0 Å². The van der Waals surface area contributed by atoms with Crippen LogP contribution in [0, 0.1) is 5.92 Å². The molecule has 0 spiro atoms. The molecular formula is C19H29ClN2OS2. The van der Waals surface area contributed by atoms with E-state index in [2.05, 4.69) is 24.4 Å². The van der Waals surface area contributed by atoms with Crippen LogP contribution in [0.3, 0.4) is 0 Å². The largest absolute Gasteiger partial charge is 0.339 e. The second kappa shape index (κ2) is 10.7. The minimum absolute atomic E-state index is 0. The van der Waals surface area contributed by atoms with Crippen LogP contribution in [0.1, 0.15) is 46.7 Å². The zero-order valence-electron chi connectivity index (χ0n) is 14.9. The summed E-state index contributed by atoms with van der Waals surface area (Å²) in [5, 5.41) is 3.42. The van der Waals surface area contributed by atoms with Gasteiger partial charge in [0.15, 0.2) is 0 Å². The topological polar surface area (TPSA) is 32.3 Å². The van der Waals surface area contributed by atoms with Crippen LogP contribution in [0.25, 0.3) is 0 Å². The van der Waals surface area contributed by atoms with E-state index in [9.17, 15) is 4.79 Å². The number of carbonyl (C=O) groups is 1. The smallest absolute Gasteiger partial charge is 0.253 e. The van der Waals surface area contributed by atoms with E-state index >= 15 is 0 Å². The molecular weight excluding hydrogens is 372 g/mol. The van der Waals surface area contributed by atoms with E-state index in [-0.39, 0.29) is 18.3 Å². The number of thioether (sulfide) groups is 2. The van der Waals surface area contributed by atoms with Crippen molar-refractivity contribution in [1.82, 2.24) is 10.2 Å². The Balaban J connectivity index is 0.00000225. The van der Waals surface area contributed by atoms with Crippen molar-refractivity contribution in [2.24, 2.45) is 5.92 Å². The first kappa shape index (κ1) is 20.9. The fourth-order valence-corrected chi connectivity index (χ4v) is 6.23. The highest BCUT2D eigenvalue weighted by Gasteiger charge is 2.24. The molecule has 2 saturated heterocycles. The van der Waals surface area contributed by atoms with Crippen LogP contribution in [0.5, 0.6) is 0 Å². The van der Waals surface area contributed by atoms with Gasteiger partial charge in [0.25, 0.3) is 5.91 Å². The number of nitrogens with zero attached hydrogens (tertiary/aromatic N) is 1. The fourth-order valence-electron chi connectivity index (χ4n) is 3.33. The Morgan fingerprint density at radius 2 is 1.80 bits per heavy atom. The van der Waals surface area contributed by atoms with Crippen molar-refractivity contribution < 1.29 is 4.79 Å². The lowest BCUT2D eigenvalue weighted by Crippen LogP contribution is -2.40. The van der Waals surface area contributed by atoms with Gasteiger partial charge in [-0.2, -0.15) is 0 Å². The highest BCUT2D eigenvalue weighted by Crippen LogP contribution is 2.43. The quantitative estimate of drug-likeness (QED) is 0.791. The predicted octanol–water partition coefficient (Wildman–Crippen LogP) is 4.44. The Bertz CT molecular complexity index is 527. The van der Waals surface area contributed by atoms with E-state index < -0.39 is 0 Å². The van der Waals surface area contributed by atoms with Crippen molar-refractivity contribution in [2.45, 2.75) is 30.8 Å². The molecule has 0 bridgehead atoms. The lowest BCUT2D eigenvalue weighted by atomic mass is 9.96. The van der Waals surface area contributed by atoms with Gasteiger partial charge in [0.1, 0.15) is 0 Å². The third kappa shape index (κ3) is 5.81. The molecule has 2 aliphatic rings. The number of amides is 1. The number of nitrogens with one attached hydrogen (secondary N) is 1. The summed E-state index contributed by atoms with van der Waals surface area (Å²) in [5.41, 5.74) is 2.19. The van der Waals surface area contributed by atoms with E-state index in [0.29, 0.717) is 4.58 Å². The molecule has 3 nitrogen and oxygen atoms in total. The number of rotatable bonds is 5. The maximum Gasteiger partial charge on any atom is 0.253 e. The minimum atomic E-state index is 0. The van der Waals surface area contributed by atoms with Crippen LogP contribution in [-0.2, 0) is 0 Å². The summed E-state index contributed by atoms with van der Waals surface area (Å²) in [4.78, 5) is 14.7. The fraction of sp³-hybridized carbons (Fsp3) is 0.632. The third-order valence-electron chi connectivity index (χ3n) is 4.84. The molecule has 0 atom stereocenters. The molecule has 0 aliphatic carbocycles. The van der Waals surface area contributed by atoms with Crippen molar-refractivity contribution in [3.8, 4) is 0 Å². The molecule has 1 aromatic rings. The molecule has 1 amide bonds. The average Bonchev–Trinajstić information content (AvgIpc) is 2.67. The Labute approximate surface area is 166 Å².